The SMILES string of the molecule is CC1=C(C)C(=O)C(CCCCCCCCCCOCC(C)C)=C(C)C1=O. The fourth-order valence-electron chi connectivity index (χ4n) is 3.34. The van der Waals surface area contributed by atoms with Crippen LogP contribution in [0.3, 0.4) is 0 Å². The summed E-state index contributed by atoms with van der Waals surface area (Å²) in [6.07, 6.45) is 10.3. The zero-order valence-electron chi connectivity index (χ0n) is 17.6. The molecule has 26 heavy (non-hydrogen) atoms. The Kier molecular flexibility index (Phi) is 10.7. The second kappa shape index (κ2) is 12.2. The van der Waals surface area contributed by atoms with Crippen LogP contribution in [0.1, 0.15) is 92.4 Å². The maximum absolute atomic E-state index is 12.4. The van der Waals surface area contributed by atoms with Gasteiger partial charge in [-0.15, -0.1) is 0 Å². The normalized spacial score (nSPS) is 15.6. The molecule has 1 rings (SSSR count). The van der Waals surface area contributed by atoms with Gasteiger partial charge in [-0.3, -0.25) is 9.59 Å². The highest BCUT2D eigenvalue weighted by Gasteiger charge is 2.26. The first kappa shape index (κ1) is 22.8. The second-order valence-electron chi connectivity index (χ2n) is 8.06. The topological polar surface area (TPSA) is 43.4 Å². The molecule has 0 heterocycles. The van der Waals surface area contributed by atoms with E-state index in [0.29, 0.717) is 22.6 Å². The third-order valence-electron chi connectivity index (χ3n) is 5.23. The summed E-state index contributed by atoms with van der Waals surface area (Å²) in [5.74, 6) is 0.759. The summed E-state index contributed by atoms with van der Waals surface area (Å²) in [6.45, 7) is 11.5. The van der Waals surface area contributed by atoms with E-state index in [4.69, 9.17) is 4.74 Å². The quantitative estimate of drug-likeness (QED) is 0.299. The molecule has 0 aliphatic heterocycles. The summed E-state index contributed by atoms with van der Waals surface area (Å²) < 4.78 is 5.59. The molecular weight excluding hydrogens is 324 g/mol. The van der Waals surface area contributed by atoms with Crippen LogP contribution in [0.4, 0.5) is 0 Å². The van der Waals surface area contributed by atoms with Crippen LogP contribution >= 0.6 is 0 Å². The Bertz CT molecular complexity index is 538. The summed E-state index contributed by atoms with van der Waals surface area (Å²) >= 11 is 0. The van der Waals surface area contributed by atoms with E-state index in [1.54, 1.807) is 20.8 Å². The average Bonchev–Trinajstić information content (AvgIpc) is 2.61. The van der Waals surface area contributed by atoms with Crippen molar-refractivity contribution in [2.75, 3.05) is 13.2 Å². The molecule has 148 valence electrons. The van der Waals surface area contributed by atoms with E-state index in [9.17, 15) is 9.59 Å². The molecule has 0 radical (unpaired) electrons. The van der Waals surface area contributed by atoms with Crippen molar-refractivity contribution in [3.63, 3.8) is 0 Å². The van der Waals surface area contributed by atoms with Crippen LogP contribution in [0.5, 0.6) is 0 Å². The molecule has 1 aliphatic rings. The lowest BCUT2D eigenvalue weighted by Crippen LogP contribution is -2.20. The van der Waals surface area contributed by atoms with Crippen LogP contribution in [0.15, 0.2) is 22.3 Å². The number of ether oxygens (including phenoxy) is 1. The molecule has 0 bridgehead atoms. The smallest absolute Gasteiger partial charge is 0.185 e. The van der Waals surface area contributed by atoms with E-state index in [-0.39, 0.29) is 11.6 Å². The molecule has 0 N–H and O–H groups in total. The van der Waals surface area contributed by atoms with Crippen LogP contribution < -0.4 is 0 Å². The summed E-state index contributed by atoms with van der Waals surface area (Å²) in [5, 5.41) is 0. The van der Waals surface area contributed by atoms with Crippen molar-refractivity contribution in [3.05, 3.63) is 22.3 Å². The van der Waals surface area contributed by atoms with Gasteiger partial charge in [-0.2, -0.15) is 0 Å². The van der Waals surface area contributed by atoms with Crippen LogP contribution in [-0.2, 0) is 14.3 Å². The zero-order chi connectivity index (χ0) is 19.5. The van der Waals surface area contributed by atoms with Crippen molar-refractivity contribution in [1.29, 1.82) is 0 Å². The number of allylic oxidation sites excluding steroid dienone is 4. The molecule has 0 aromatic carbocycles. The lowest BCUT2D eigenvalue weighted by molar-refractivity contribution is -0.116. The van der Waals surface area contributed by atoms with Gasteiger partial charge in [0.25, 0.3) is 0 Å². The van der Waals surface area contributed by atoms with Crippen molar-refractivity contribution in [2.24, 2.45) is 5.92 Å². The van der Waals surface area contributed by atoms with Gasteiger partial charge in [0.1, 0.15) is 0 Å². The number of hydrogen-bond donors (Lipinski definition) is 0. The molecule has 0 fully saturated rings. The summed E-state index contributed by atoms with van der Waals surface area (Å²) in [6, 6.07) is 0. The van der Waals surface area contributed by atoms with E-state index >= 15 is 0 Å². The van der Waals surface area contributed by atoms with Gasteiger partial charge in [0, 0.05) is 35.5 Å². The Balaban J connectivity index is 2.08. The average molecular weight is 363 g/mol. The third-order valence-corrected chi connectivity index (χ3v) is 5.23. The van der Waals surface area contributed by atoms with Crippen molar-refractivity contribution < 1.29 is 14.3 Å². The number of Topliss-reactive ketones (excluding diaryl/α,β-unsaturated/α-hetero) is 2. The Morgan fingerprint density at radius 2 is 1.19 bits per heavy atom. The van der Waals surface area contributed by atoms with Crippen LogP contribution in [0.2, 0.25) is 0 Å². The molecule has 0 spiro atoms. The molecule has 3 heteroatoms. The van der Waals surface area contributed by atoms with E-state index in [0.717, 1.165) is 38.0 Å². The fraction of sp³-hybridized carbons (Fsp3) is 0.739. The van der Waals surface area contributed by atoms with Gasteiger partial charge in [-0.1, -0.05) is 52.4 Å². The molecule has 0 aromatic heterocycles. The van der Waals surface area contributed by atoms with E-state index in [2.05, 4.69) is 13.8 Å². The largest absolute Gasteiger partial charge is 0.381 e. The van der Waals surface area contributed by atoms with Gasteiger partial charge in [-0.25, -0.2) is 0 Å². The molecule has 3 nitrogen and oxygen atoms in total. The van der Waals surface area contributed by atoms with Crippen molar-refractivity contribution >= 4 is 11.6 Å². The molecule has 0 atom stereocenters. The molecule has 0 saturated heterocycles. The minimum Gasteiger partial charge on any atom is -0.381 e. The Labute approximate surface area is 160 Å². The lowest BCUT2D eigenvalue weighted by atomic mass is 9.84. The number of carbonyl (C=O) groups is 2. The maximum atomic E-state index is 12.4. The summed E-state index contributed by atoms with van der Waals surface area (Å²) in [5.41, 5.74) is 2.66. The maximum Gasteiger partial charge on any atom is 0.185 e. The highest BCUT2D eigenvalue weighted by atomic mass is 16.5. The van der Waals surface area contributed by atoms with Gasteiger partial charge in [0.05, 0.1) is 0 Å². The van der Waals surface area contributed by atoms with Gasteiger partial charge >= 0.3 is 0 Å². The first-order valence-corrected chi connectivity index (χ1v) is 10.4. The van der Waals surface area contributed by atoms with Gasteiger partial charge in [0.2, 0.25) is 0 Å². The number of hydrogen-bond acceptors (Lipinski definition) is 3. The first-order valence-electron chi connectivity index (χ1n) is 10.4. The van der Waals surface area contributed by atoms with Crippen molar-refractivity contribution in [3.8, 4) is 0 Å². The minimum absolute atomic E-state index is 0.0504. The molecule has 1 aliphatic carbocycles. The van der Waals surface area contributed by atoms with E-state index in [1.807, 2.05) is 0 Å². The van der Waals surface area contributed by atoms with E-state index in [1.165, 1.54) is 38.5 Å². The van der Waals surface area contributed by atoms with Crippen LogP contribution in [0.25, 0.3) is 0 Å². The predicted octanol–water partition coefficient (Wildman–Crippen LogP) is 5.97. The lowest BCUT2D eigenvalue weighted by Gasteiger charge is -2.18. The highest BCUT2D eigenvalue weighted by Crippen LogP contribution is 2.27. The Hall–Kier alpha value is -1.22. The van der Waals surface area contributed by atoms with Gasteiger partial charge < -0.3 is 4.74 Å². The second-order valence-corrected chi connectivity index (χ2v) is 8.06. The highest BCUT2D eigenvalue weighted by molar-refractivity contribution is 6.24. The fourth-order valence-corrected chi connectivity index (χ4v) is 3.34. The minimum atomic E-state index is 0.0504. The van der Waals surface area contributed by atoms with Crippen molar-refractivity contribution in [2.45, 2.75) is 92.4 Å². The molecule has 0 amide bonds. The molecule has 0 saturated carbocycles. The standard InChI is InChI=1S/C23H38O3/c1-17(2)16-26-15-13-11-9-7-6-8-10-12-14-21-20(5)22(24)18(3)19(4)23(21)25/h17H,6-16H2,1-5H3. The number of rotatable bonds is 13. The first-order chi connectivity index (χ1) is 12.4. The number of unbranched alkanes of at least 4 members (excludes halogenated alkanes) is 7. The number of ketones is 2. The predicted molar refractivity (Wildman–Crippen MR) is 108 cm³/mol. The molecular formula is C23H38O3. The Morgan fingerprint density at radius 3 is 1.77 bits per heavy atom. The molecule has 0 aromatic rings. The third kappa shape index (κ3) is 7.57. The van der Waals surface area contributed by atoms with Gasteiger partial charge in [0.15, 0.2) is 11.6 Å². The van der Waals surface area contributed by atoms with Crippen LogP contribution in [-0.4, -0.2) is 24.8 Å². The van der Waals surface area contributed by atoms with E-state index < -0.39 is 0 Å². The summed E-state index contributed by atoms with van der Waals surface area (Å²) in [7, 11) is 0. The van der Waals surface area contributed by atoms with Crippen LogP contribution in [0, 0.1) is 5.92 Å². The Morgan fingerprint density at radius 1 is 0.692 bits per heavy atom. The zero-order valence-corrected chi connectivity index (χ0v) is 17.6. The number of carbonyl (C=O) groups excluding carboxylic acids is 2. The molecule has 0 unspecified atom stereocenters. The van der Waals surface area contributed by atoms with Gasteiger partial charge in [-0.05, 0) is 46.0 Å². The van der Waals surface area contributed by atoms with Crippen molar-refractivity contribution in [1.82, 2.24) is 0 Å². The monoisotopic (exact) mass is 362 g/mol. The summed E-state index contributed by atoms with van der Waals surface area (Å²) in [4.78, 5) is 24.5.